The summed E-state index contributed by atoms with van der Waals surface area (Å²) in [5, 5.41) is 3.40. The molecule has 0 bridgehead atoms. The van der Waals surface area contributed by atoms with Crippen LogP contribution in [0, 0.1) is 5.92 Å². The molecule has 1 rings (SSSR count). The number of hydrogen-bond donors (Lipinski definition) is 1. The van der Waals surface area contributed by atoms with E-state index in [-0.39, 0.29) is 0 Å². The zero-order valence-electron chi connectivity index (χ0n) is 9.25. The summed E-state index contributed by atoms with van der Waals surface area (Å²) in [7, 11) is 0. The highest BCUT2D eigenvalue weighted by Crippen LogP contribution is 2.11. The van der Waals surface area contributed by atoms with Gasteiger partial charge in [0.25, 0.3) is 0 Å². The van der Waals surface area contributed by atoms with Crippen molar-refractivity contribution in [3.63, 3.8) is 0 Å². The molecule has 1 nitrogen and oxygen atoms in total. The average molecular weight is 189 g/mol. The summed E-state index contributed by atoms with van der Waals surface area (Å²) in [6.07, 6.45) is 0. The Bertz CT molecular complexity index is 287. The second kappa shape index (κ2) is 4.85. The van der Waals surface area contributed by atoms with Gasteiger partial charge in [-0.1, -0.05) is 50.8 Å². The summed E-state index contributed by atoms with van der Waals surface area (Å²) in [5.74, 6) is 0.621. The summed E-state index contributed by atoms with van der Waals surface area (Å²) in [6, 6.07) is 10.7. The van der Waals surface area contributed by atoms with Crippen LogP contribution < -0.4 is 5.32 Å². The van der Waals surface area contributed by atoms with Gasteiger partial charge in [-0.2, -0.15) is 0 Å². The van der Waals surface area contributed by atoms with Crippen LogP contribution in [0.1, 0.15) is 26.3 Å². The van der Waals surface area contributed by atoms with Gasteiger partial charge in [0.05, 0.1) is 0 Å². The van der Waals surface area contributed by atoms with Gasteiger partial charge in [-0.25, -0.2) is 0 Å². The number of nitrogens with one attached hydrogen (secondary N) is 1. The molecule has 0 saturated heterocycles. The molecule has 0 spiro atoms. The minimum Gasteiger partial charge on any atom is -0.382 e. The van der Waals surface area contributed by atoms with Crippen LogP contribution >= 0.6 is 0 Å². The quantitative estimate of drug-likeness (QED) is 0.766. The first-order valence-electron chi connectivity index (χ1n) is 5.12. The van der Waals surface area contributed by atoms with E-state index in [9.17, 15) is 0 Å². The van der Waals surface area contributed by atoms with Crippen molar-refractivity contribution in [1.82, 2.24) is 5.32 Å². The number of benzene rings is 1. The summed E-state index contributed by atoms with van der Waals surface area (Å²) < 4.78 is 0. The molecule has 1 aromatic rings. The van der Waals surface area contributed by atoms with Gasteiger partial charge in [-0.15, -0.1) is 0 Å². The van der Waals surface area contributed by atoms with E-state index in [2.05, 4.69) is 44.8 Å². The van der Waals surface area contributed by atoms with Crippen LogP contribution in [0.25, 0.3) is 5.70 Å². The molecule has 1 heteroatoms. The minimum absolute atomic E-state index is 0.461. The molecule has 1 N–H and O–H groups in total. The normalized spacial score (nSPS) is 12.6. The van der Waals surface area contributed by atoms with Crippen LogP contribution in [0.3, 0.4) is 0 Å². The standard InChI is InChI=1S/C13H19N/c1-10(2)11(3)14-12(4)13-8-6-5-7-9-13/h5-11,14H,4H2,1-3H3/t11-/m1/s1. The average Bonchev–Trinajstić information content (AvgIpc) is 2.19. The predicted molar refractivity (Wildman–Crippen MR) is 62.9 cm³/mol. The van der Waals surface area contributed by atoms with Gasteiger partial charge in [0.15, 0.2) is 0 Å². The number of hydrogen-bond acceptors (Lipinski definition) is 1. The molecular weight excluding hydrogens is 170 g/mol. The fourth-order valence-corrected chi connectivity index (χ4v) is 1.16. The van der Waals surface area contributed by atoms with Crippen LogP contribution in [-0.4, -0.2) is 6.04 Å². The van der Waals surface area contributed by atoms with Gasteiger partial charge in [-0.05, 0) is 18.4 Å². The van der Waals surface area contributed by atoms with Crippen molar-refractivity contribution in [3.8, 4) is 0 Å². The molecule has 0 unspecified atom stereocenters. The lowest BCUT2D eigenvalue weighted by Gasteiger charge is -2.20. The Kier molecular flexibility index (Phi) is 3.75. The highest BCUT2D eigenvalue weighted by molar-refractivity contribution is 5.61. The third kappa shape index (κ3) is 2.91. The van der Waals surface area contributed by atoms with Crippen molar-refractivity contribution in [2.24, 2.45) is 5.92 Å². The molecule has 0 heterocycles. The molecule has 0 saturated carbocycles. The Morgan fingerprint density at radius 1 is 1.14 bits per heavy atom. The lowest BCUT2D eigenvalue weighted by molar-refractivity contribution is 0.481. The second-order valence-corrected chi connectivity index (χ2v) is 4.02. The van der Waals surface area contributed by atoms with Crippen molar-refractivity contribution < 1.29 is 0 Å². The second-order valence-electron chi connectivity index (χ2n) is 4.02. The van der Waals surface area contributed by atoms with Gasteiger partial charge < -0.3 is 5.32 Å². The third-order valence-corrected chi connectivity index (χ3v) is 2.52. The van der Waals surface area contributed by atoms with Gasteiger partial charge >= 0.3 is 0 Å². The zero-order valence-corrected chi connectivity index (χ0v) is 9.25. The molecule has 76 valence electrons. The van der Waals surface area contributed by atoms with E-state index in [1.165, 1.54) is 5.56 Å². The largest absolute Gasteiger partial charge is 0.382 e. The predicted octanol–water partition coefficient (Wildman–Crippen LogP) is 3.29. The molecule has 1 atom stereocenters. The summed E-state index contributed by atoms with van der Waals surface area (Å²) in [6.45, 7) is 10.6. The van der Waals surface area contributed by atoms with Crippen molar-refractivity contribution in [3.05, 3.63) is 42.5 Å². The van der Waals surface area contributed by atoms with Crippen molar-refractivity contribution in [2.45, 2.75) is 26.8 Å². The molecular formula is C13H19N. The highest BCUT2D eigenvalue weighted by atomic mass is 14.9. The summed E-state index contributed by atoms with van der Waals surface area (Å²) >= 11 is 0. The van der Waals surface area contributed by atoms with Crippen molar-refractivity contribution >= 4 is 5.70 Å². The zero-order chi connectivity index (χ0) is 10.6. The molecule has 0 aliphatic rings. The summed E-state index contributed by atoms with van der Waals surface area (Å²) in [5.41, 5.74) is 2.17. The van der Waals surface area contributed by atoms with E-state index in [0.717, 1.165) is 5.70 Å². The van der Waals surface area contributed by atoms with Gasteiger partial charge in [0, 0.05) is 11.7 Å². The molecule has 1 aromatic carbocycles. The monoisotopic (exact) mass is 189 g/mol. The maximum atomic E-state index is 4.04. The Balaban J connectivity index is 2.60. The fraction of sp³-hybridized carbons (Fsp3) is 0.385. The van der Waals surface area contributed by atoms with Crippen molar-refractivity contribution in [1.29, 1.82) is 0 Å². The van der Waals surface area contributed by atoms with Gasteiger partial charge in [-0.3, -0.25) is 0 Å². The topological polar surface area (TPSA) is 12.0 Å². The van der Waals surface area contributed by atoms with Crippen LogP contribution in [0.2, 0.25) is 0 Å². The number of rotatable bonds is 4. The molecule has 0 fully saturated rings. The van der Waals surface area contributed by atoms with E-state index in [0.29, 0.717) is 12.0 Å². The van der Waals surface area contributed by atoms with E-state index in [1.807, 2.05) is 18.2 Å². The van der Waals surface area contributed by atoms with Gasteiger partial charge in [0.2, 0.25) is 0 Å². The molecule has 0 aromatic heterocycles. The smallest absolute Gasteiger partial charge is 0.0342 e. The Morgan fingerprint density at radius 3 is 2.21 bits per heavy atom. The Hall–Kier alpha value is -1.24. The molecule has 0 radical (unpaired) electrons. The highest BCUT2D eigenvalue weighted by Gasteiger charge is 2.07. The molecule has 0 aliphatic heterocycles. The maximum absolute atomic E-state index is 4.04. The van der Waals surface area contributed by atoms with Gasteiger partial charge in [0.1, 0.15) is 0 Å². The molecule has 0 aliphatic carbocycles. The first-order valence-corrected chi connectivity index (χ1v) is 5.12. The molecule has 0 amide bonds. The van der Waals surface area contributed by atoms with Crippen LogP contribution in [0.5, 0.6) is 0 Å². The Morgan fingerprint density at radius 2 is 1.71 bits per heavy atom. The third-order valence-electron chi connectivity index (χ3n) is 2.52. The van der Waals surface area contributed by atoms with Crippen LogP contribution in [0.4, 0.5) is 0 Å². The summed E-state index contributed by atoms with van der Waals surface area (Å²) in [4.78, 5) is 0. The minimum atomic E-state index is 0.461. The van der Waals surface area contributed by atoms with Crippen molar-refractivity contribution in [2.75, 3.05) is 0 Å². The lowest BCUT2D eigenvalue weighted by atomic mass is 10.1. The Labute approximate surface area is 86.8 Å². The lowest BCUT2D eigenvalue weighted by Crippen LogP contribution is -2.28. The van der Waals surface area contributed by atoms with E-state index in [4.69, 9.17) is 0 Å². The molecule has 14 heavy (non-hydrogen) atoms. The van der Waals surface area contributed by atoms with Crippen LogP contribution in [-0.2, 0) is 0 Å². The first kappa shape index (κ1) is 10.8. The van der Waals surface area contributed by atoms with E-state index < -0.39 is 0 Å². The van der Waals surface area contributed by atoms with E-state index >= 15 is 0 Å². The fourth-order valence-electron chi connectivity index (χ4n) is 1.16. The van der Waals surface area contributed by atoms with E-state index in [1.54, 1.807) is 0 Å². The van der Waals surface area contributed by atoms with Crippen LogP contribution in [0.15, 0.2) is 36.9 Å². The SMILES string of the molecule is C=C(N[C@H](C)C(C)C)c1ccccc1. The first-order chi connectivity index (χ1) is 6.61. The maximum Gasteiger partial charge on any atom is 0.0342 e.